The normalized spacial score (nSPS) is 37.8. The van der Waals surface area contributed by atoms with Gasteiger partial charge in [0.1, 0.15) is 0 Å². The van der Waals surface area contributed by atoms with Crippen LogP contribution in [0, 0.1) is 5.92 Å². The summed E-state index contributed by atoms with van der Waals surface area (Å²) < 4.78 is 47.5. The Morgan fingerprint density at radius 3 is 2.12 bits per heavy atom. The second-order valence-corrected chi connectivity index (χ2v) is 6.62. The van der Waals surface area contributed by atoms with Crippen LogP contribution in [0.3, 0.4) is 0 Å². The maximum Gasteiger partial charge on any atom is 0.326 e. The Bertz CT molecular complexity index is 441. The van der Waals surface area contributed by atoms with Crippen molar-refractivity contribution in [3.8, 4) is 0 Å². The van der Waals surface area contributed by atoms with Crippen LogP contribution < -0.4 is 0 Å². The minimum Gasteiger partial charge on any atom is -0.480 e. The molecule has 8 heteroatoms. The summed E-state index contributed by atoms with van der Waals surface area (Å²) in [6.45, 7) is -0.322. The van der Waals surface area contributed by atoms with E-state index in [1.807, 2.05) is 0 Å². The molecule has 2 fully saturated rings. The highest BCUT2D eigenvalue weighted by molar-refractivity contribution is 7.91. The number of sulfonamides is 1. The van der Waals surface area contributed by atoms with E-state index in [0.717, 1.165) is 0 Å². The Morgan fingerprint density at radius 2 is 1.88 bits per heavy atom. The van der Waals surface area contributed by atoms with Gasteiger partial charge in [-0.05, 0) is 12.3 Å². The lowest BCUT2D eigenvalue weighted by Crippen LogP contribution is -2.62. The smallest absolute Gasteiger partial charge is 0.326 e. The van der Waals surface area contributed by atoms with Crippen molar-refractivity contribution in [3.63, 3.8) is 0 Å². The van der Waals surface area contributed by atoms with E-state index < -0.39 is 45.7 Å². The topological polar surface area (TPSA) is 74.7 Å². The first-order valence-electron chi connectivity index (χ1n) is 4.74. The number of nitrogens with zero attached hydrogens (tertiary/aromatic N) is 1. The van der Waals surface area contributed by atoms with Crippen LogP contribution in [-0.2, 0) is 14.8 Å². The zero-order valence-corrected chi connectivity index (χ0v) is 9.30. The van der Waals surface area contributed by atoms with Crippen molar-refractivity contribution in [3.05, 3.63) is 0 Å². The van der Waals surface area contributed by atoms with E-state index in [4.69, 9.17) is 5.11 Å². The van der Waals surface area contributed by atoms with Crippen LogP contribution >= 0.6 is 0 Å². The van der Waals surface area contributed by atoms with E-state index >= 15 is 0 Å². The molecule has 0 aromatic heterocycles. The number of carboxylic acid groups (broad SMARTS) is 1. The van der Waals surface area contributed by atoms with E-state index in [1.165, 1.54) is 6.92 Å². The van der Waals surface area contributed by atoms with E-state index in [9.17, 15) is 22.0 Å². The molecule has 0 aromatic carbocycles. The molecule has 1 saturated carbocycles. The standard InChI is InChI=1S/C8H11F2NO4S/c1-5-2-8(5,6(12)13)16(14,15)11-3-7(9,10)4-11/h5H,2-4H2,1H3,(H,12,13). The molecule has 92 valence electrons. The Balaban J connectivity index is 2.25. The molecule has 16 heavy (non-hydrogen) atoms. The summed E-state index contributed by atoms with van der Waals surface area (Å²) in [5, 5.41) is 8.92. The lowest BCUT2D eigenvalue weighted by molar-refractivity contribution is -0.138. The first-order chi connectivity index (χ1) is 7.13. The minimum atomic E-state index is -4.16. The lowest BCUT2D eigenvalue weighted by Gasteiger charge is -2.39. The molecule has 0 amide bonds. The first kappa shape index (κ1) is 11.7. The number of hydrogen-bond donors (Lipinski definition) is 1. The minimum absolute atomic E-state index is 0.00720. The predicted octanol–water partition coefficient (Wildman–Crippen LogP) is 0.130. The van der Waals surface area contributed by atoms with E-state index in [-0.39, 0.29) is 6.42 Å². The molecular weight excluding hydrogens is 244 g/mol. The first-order valence-corrected chi connectivity index (χ1v) is 6.18. The number of carboxylic acids is 1. The molecule has 2 aliphatic rings. The van der Waals surface area contributed by atoms with Crippen molar-refractivity contribution in [1.29, 1.82) is 0 Å². The summed E-state index contributed by atoms with van der Waals surface area (Å²) in [6, 6.07) is 0. The monoisotopic (exact) mass is 255 g/mol. The molecule has 0 spiro atoms. The molecule has 1 aliphatic carbocycles. The van der Waals surface area contributed by atoms with Crippen LogP contribution in [0.1, 0.15) is 13.3 Å². The Labute approximate surface area is 91.1 Å². The molecule has 2 rings (SSSR count). The average Bonchev–Trinajstić information content (AvgIpc) is 2.74. The lowest BCUT2D eigenvalue weighted by atomic mass is 10.2. The van der Waals surface area contributed by atoms with Gasteiger partial charge in [0.15, 0.2) is 4.75 Å². The highest BCUT2D eigenvalue weighted by Gasteiger charge is 2.71. The maximum absolute atomic E-state index is 12.6. The summed E-state index contributed by atoms with van der Waals surface area (Å²) >= 11 is 0. The number of aliphatic carboxylic acids is 1. The number of halogens is 2. The van der Waals surface area contributed by atoms with Gasteiger partial charge in [0.2, 0.25) is 10.0 Å². The van der Waals surface area contributed by atoms with Gasteiger partial charge in [-0.3, -0.25) is 4.79 Å². The largest absolute Gasteiger partial charge is 0.480 e. The third kappa shape index (κ3) is 1.29. The number of rotatable bonds is 3. The van der Waals surface area contributed by atoms with Crippen LogP contribution in [0.15, 0.2) is 0 Å². The van der Waals surface area contributed by atoms with Gasteiger partial charge in [-0.2, -0.15) is 4.31 Å². The highest BCUT2D eigenvalue weighted by atomic mass is 32.2. The fraction of sp³-hybridized carbons (Fsp3) is 0.875. The second kappa shape index (κ2) is 2.92. The molecule has 5 nitrogen and oxygen atoms in total. The van der Waals surface area contributed by atoms with Crippen molar-refractivity contribution in [2.24, 2.45) is 5.92 Å². The van der Waals surface area contributed by atoms with Gasteiger partial charge in [-0.1, -0.05) is 6.92 Å². The summed E-state index contributed by atoms with van der Waals surface area (Å²) in [4.78, 5) is 11.0. The summed E-state index contributed by atoms with van der Waals surface area (Å²) in [7, 11) is -4.16. The van der Waals surface area contributed by atoms with Crippen molar-refractivity contribution >= 4 is 16.0 Å². The van der Waals surface area contributed by atoms with Crippen LogP contribution in [0.2, 0.25) is 0 Å². The Kier molecular flexibility index (Phi) is 2.14. The highest BCUT2D eigenvalue weighted by Crippen LogP contribution is 2.52. The third-order valence-corrected chi connectivity index (χ3v) is 5.83. The molecule has 0 radical (unpaired) electrons. The predicted molar refractivity (Wildman–Crippen MR) is 49.6 cm³/mol. The van der Waals surface area contributed by atoms with Gasteiger partial charge in [-0.15, -0.1) is 0 Å². The third-order valence-electron chi connectivity index (χ3n) is 3.22. The Morgan fingerprint density at radius 1 is 1.44 bits per heavy atom. The van der Waals surface area contributed by atoms with E-state index in [1.54, 1.807) is 0 Å². The van der Waals surface area contributed by atoms with Gasteiger partial charge in [0, 0.05) is 0 Å². The van der Waals surface area contributed by atoms with E-state index in [0.29, 0.717) is 4.31 Å². The number of carbonyl (C=O) groups is 1. The van der Waals surface area contributed by atoms with Gasteiger partial charge in [0.25, 0.3) is 5.92 Å². The molecule has 1 saturated heterocycles. The fourth-order valence-corrected chi connectivity index (χ4v) is 4.40. The number of hydrogen-bond acceptors (Lipinski definition) is 3. The van der Waals surface area contributed by atoms with Gasteiger partial charge in [-0.25, -0.2) is 17.2 Å². The zero-order chi connectivity index (χ0) is 12.4. The summed E-state index contributed by atoms with van der Waals surface area (Å²) in [6.07, 6.45) is -0.00720. The van der Waals surface area contributed by atoms with Gasteiger partial charge >= 0.3 is 5.97 Å². The molecule has 1 N–H and O–H groups in total. The number of alkyl halides is 2. The molecule has 2 unspecified atom stereocenters. The van der Waals surface area contributed by atoms with Crippen LogP contribution in [0.25, 0.3) is 0 Å². The quantitative estimate of drug-likeness (QED) is 0.778. The van der Waals surface area contributed by atoms with E-state index in [2.05, 4.69) is 0 Å². The summed E-state index contributed by atoms with van der Waals surface area (Å²) in [5.74, 6) is -5.00. The molecule has 2 atom stereocenters. The molecule has 0 aromatic rings. The van der Waals surface area contributed by atoms with Crippen LogP contribution in [0.5, 0.6) is 0 Å². The van der Waals surface area contributed by atoms with Crippen LogP contribution in [0.4, 0.5) is 8.78 Å². The average molecular weight is 255 g/mol. The fourth-order valence-electron chi connectivity index (χ4n) is 2.03. The molecule has 1 heterocycles. The van der Waals surface area contributed by atoms with Gasteiger partial charge < -0.3 is 5.11 Å². The van der Waals surface area contributed by atoms with Crippen molar-refractivity contribution in [2.75, 3.05) is 13.1 Å². The molecular formula is C8H11F2NO4S. The zero-order valence-electron chi connectivity index (χ0n) is 8.48. The SMILES string of the molecule is CC1CC1(C(=O)O)S(=O)(=O)N1CC(F)(F)C1. The maximum atomic E-state index is 12.6. The summed E-state index contributed by atoms with van der Waals surface area (Å²) in [5.41, 5.74) is 0. The van der Waals surface area contributed by atoms with Crippen LogP contribution in [-0.4, -0.2) is 47.6 Å². The molecule has 1 aliphatic heterocycles. The van der Waals surface area contributed by atoms with Crippen molar-refractivity contribution in [1.82, 2.24) is 4.31 Å². The molecule has 0 bridgehead atoms. The van der Waals surface area contributed by atoms with Crippen molar-refractivity contribution in [2.45, 2.75) is 24.0 Å². The van der Waals surface area contributed by atoms with Gasteiger partial charge in [0.05, 0.1) is 13.1 Å². The van der Waals surface area contributed by atoms with Crippen molar-refractivity contribution < 1.29 is 27.1 Å². The second-order valence-electron chi connectivity index (χ2n) is 4.43. The Hall–Kier alpha value is -0.760.